The summed E-state index contributed by atoms with van der Waals surface area (Å²) in [6.07, 6.45) is 0. The van der Waals surface area contributed by atoms with Crippen molar-refractivity contribution in [1.29, 1.82) is 0 Å². The van der Waals surface area contributed by atoms with E-state index in [1.165, 1.54) is 6.07 Å². The molecule has 0 bridgehead atoms. The van der Waals surface area contributed by atoms with Crippen molar-refractivity contribution in [1.82, 2.24) is 0 Å². The zero-order valence-electron chi connectivity index (χ0n) is 8.66. The smallest absolute Gasteiger partial charge is 0.335 e. The van der Waals surface area contributed by atoms with Crippen molar-refractivity contribution in [2.75, 3.05) is 5.73 Å². The van der Waals surface area contributed by atoms with Crippen molar-refractivity contribution in [2.24, 2.45) is 0 Å². The molecule has 0 aliphatic rings. The van der Waals surface area contributed by atoms with Gasteiger partial charge in [-0.1, -0.05) is 20.8 Å². The molecule has 0 spiro atoms. The van der Waals surface area contributed by atoms with Crippen LogP contribution in [0.4, 0.5) is 5.69 Å². The Kier molecular flexibility index (Phi) is 2.51. The number of carboxylic acids is 1. The van der Waals surface area contributed by atoms with Gasteiger partial charge in [0.25, 0.3) is 0 Å². The first kappa shape index (κ1) is 10.6. The molecule has 3 N–H and O–H groups in total. The van der Waals surface area contributed by atoms with Crippen LogP contribution >= 0.6 is 0 Å². The summed E-state index contributed by atoms with van der Waals surface area (Å²) in [6, 6.07) is 4.95. The van der Waals surface area contributed by atoms with Crippen LogP contribution in [0.25, 0.3) is 0 Å². The Hall–Kier alpha value is -1.51. The molecule has 0 aliphatic heterocycles. The highest BCUT2D eigenvalue weighted by molar-refractivity contribution is 5.89. The molecule has 1 aromatic rings. The lowest BCUT2D eigenvalue weighted by atomic mass is 9.86. The number of hydrogen-bond acceptors (Lipinski definition) is 2. The Bertz CT molecular complexity index is 364. The van der Waals surface area contributed by atoms with E-state index in [9.17, 15) is 4.79 Å². The first-order chi connectivity index (χ1) is 6.30. The van der Waals surface area contributed by atoms with Crippen LogP contribution < -0.4 is 5.73 Å². The van der Waals surface area contributed by atoms with Gasteiger partial charge in [0, 0.05) is 5.69 Å². The fourth-order valence-corrected chi connectivity index (χ4v) is 1.21. The van der Waals surface area contributed by atoms with Crippen LogP contribution in [0.2, 0.25) is 0 Å². The minimum absolute atomic E-state index is 0.0837. The maximum Gasteiger partial charge on any atom is 0.335 e. The fourth-order valence-electron chi connectivity index (χ4n) is 1.21. The van der Waals surface area contributed by atoms with Gasteiger partial charge in [-0.05, 0) is 29.2 Å². The number of carbonyl (C=O) groups is 1. The average molecular weight is 193 g/mol. The molecule has 1 aromatic carbocycles. The maximum atomic E-state index is 10.8. The van der Waals surface area contributed by atoms with E-state index in [1.807, 2.05) is 26.8 Å². The van der Waals surface area contributed by atoms with Gasteiger partial charge in [0.15, 0.2) is 0 Å². The lowest BCUT2D eigenvalue weighted by Crippen LogP contribution is -2.13. The SMILES string of the molecule is CC(C)(C)c1cc(N)cc(C(=O)O)c1. The van der Waals surface area contributed by atoms with Crippen LogP contribution in [-0.2, 0) is 5.41 Å². The van der Waals surface area contributed by atoms with Crippen molar-refractivity contribution in [3.63, 3.8) is 0 Å². The molecule has 0 radical (unpaired) electrons. The average Bonchev–Trinajstić information content (AvgIpc) is 2.01. The Morgan fingerprint density at radius 3 is 2.29 bits per heavy atom. The normalized spacial score (nSPS) is 11.4. The molecule has 14 heavy (non-hydrogen) atoms. The Balaban J connectivity index is 3.28. The summed E-state index contributed by atoms with van der Waals surface area (Å²) in [5, 5.41) is 8.84. The summed E-state index contributed by atoms with van der Waals surface area (Å²) in [7, 11) is 0. The lowest BCUT2D eigenvalue weighted by molar-refractivity contribution is 0.0697. The highest BCUT2D eigenvalue weighted by Gasteiger charge is 2.16. The van der Waals surface area contributed by atoms with E-state index in [1.54, 1.807) is 6.07 Å². The minimum Gasteiger partial charge on any atom is -0.478 e. The van der Waals surface area contributed by atoms with Gasteiger partial charge in [0.05, 0.1) is 5.56 Å². The molecule has 0 saturated heterocycles. The zero-order valence-corrected chi connectivity index (χ0v) is 8.66. The molecular formula is C11H15NO2. The molecule has 0 saturated carbocycles. The molecule has 0 heterocycles. The summed E-state index contributed by atoms with van der Waals surface area (Å²) in [4.78, 5) is 10.8. The Morgan fingerprint density at radius 2 is 1.86 bits per heavy atom. The van der Waals surface area contributed by atoms with E-state index in [0.717, 1.165) is 5.56 Å². The summed E-state index contributed by atoms with van der Waals surface area (Å²) in [5.41, 5.74) is 7.23. The first-order valence-electron chi connectivity index (χ1n) is 4.45. The fraction of sp³-hybridized carbons (Fsp3) is 0.364. The second kappa shape index (κ2) is 3.33. The largest absolute Gasteiger partial charge is 0.478 e. The second-order valence-corrected chi connectivity index (χ2v) is 4.40. The van der Waals surface area contributed by atoms with Gasteiger partial charge in [-0.2, -0.15) is 0 Å². The van der Waals surface area contributed by atoms with E-state index in [4.69, 9.17) is 10.8 Å². The van der Waals surface area contributed by atoms with Gasteiger partial charge in [0.1, 0.15) is 0 Å². The lowest BCUT2D eigenvalue weighted by Gasteiger charge is -2.19. The predicted octanol–water partition coefficient (Wildman–Crippen LogP) is 2.26. The van der Waals surface area contributed by atoms with Crippen molar-refractivity contribution in [2.45, 2.75) is 26.2 Å². The molecule has 3 heteroatoms. The monoisotopic (exact) mass is 193 g/mol. The predicted molar refractivity (Wildman–Crippen MR) is 56.5 cm³/mol. The quantitative estimate of drug-likeness (QED) is 0.672. The van der Waals surface area contributed by atoms with Crippen molar-refractivity contribution >= 4 is 11.7 Å². The van der Waals surface area contributed by atoms with Crippen LogP contribution in [0.3, 0.4) is 0 Å². The van der Waals surface area contributed by atoms with Crippen molar-refractivity contribution in [3.8, 4) is 0 Å². The molecule has 1 rings (SSSR count). The summed E-state index contributed by atoms with van der Waals surface area (Å²) in [5.74, 6) is -0.942. The Morgan fingerprint density at radius 1 is 1.29 bits per heavy atom. The molecule has 0 amide bonds. The molecular weight excluding hydrogens is 178 g/mol. The standard InChI is InChI=1S/C11H15NO2/c1-11(2,3)8-4-7(10(13)14)5-9(12)6-8/h4-6H,12H2,1-3H3,(H,13,14). The molecule has 0 atom stereocenters. The van der Waals surface area contributed by atoms with Gasteiger partial charge in [0.2, 0.25) is 0 Å². The number of nitrogen functional groups attached to an aromatic ring is 1. The van der Waals surface area contributed by atoms with Crippen molar-refractivity contribution in [3.05, 3.63) is 29.3 Å². The third-order valence-corrected chi connectivity index (χ3v) is 2.07. The van der Waals surface area contributed by atoms with Gasteiger partial charge in [-0.25, -0.2) is 4.79 Å². The minimum atomic E-state index is -0.942. The summed E-state index contributed by atoms with van der Waals surface area (Å²) in [6.45, 7) is 6.06. The number of rotatable bonds is 1. The third-order valence-electron chi connectivity index (χ3n) is 2.07. The molecule has 3 nitrogen and oxygen atoms in total. The topological polar surface area (TPSA) is 63.3 Å². The van der Waals surface area contributed by atoms with Gasteiger partial charge in [-0.3, -0.25) is 0 Å². The number of nitrogens with two attached hydrogens (primary N) is 1. The van der Waals surface area contributed by atoms with Gasteiger partial charge < -0.3 is 10.8 Å². The molecule has 0 unspecified atom stereocenters. The second-order valence-electron chi connectivity index (χ2n) is 4.40. The summed E-state index contributed by atoms with van der Waals surface area (Å²) < 4.78 is 0. The van der Waals surface area contributed by atoms with Crippen LogP contribution in [0, 0.1) is 0 Å². The number of anilines is 1. The molecule has 0 aromatic heterocycles. The van der Waals surface area contributed by atoms with Crippen molar-refractivity contribution < 1.29 is 9.90 Å². The van der Waals surface area contributed by atoms with Crippen LogP contribution in [0.15, 0.2) is 18.2 Å². The number of benzene rings is 1. The number of carboxylic acid groups (broad SMARTS) is 1. The van der Waals surface area contributed by atoms with E-state index >= 15 is 0 Å². The van der Waals surface area contributed by atoms with Crippen LogP contribution in [-0.4, -0.2) is 11.1 Å². The van der Waals surface area contributed by atoms with E-state index < -0.39 is 5.97 Å². The van der Waals surface area contributed by atoms with Crippen LogP contribution in [0.5, 0.6) is 0 Å². The van der Waals surface area contributed by atoms with E-state index in [2.05, 4.69) is 0 Å². The Labute approximate surface area is 83.6 Å². The molecule has 76 valence electrons. The maximum absolute atomic E-state index is 10.8. The highest BCUT2D eigenvalue weighted by Crippen LogP contribution is 2.25. The first-order valence-corrected chi connectivity index (χ1v) is 4.45. The molecule has 0 fully saturated rings. The van der Waals surface area contributed by atoms with Crippen LogP contribution in [0.1, 0.15) is 36.7 Å². The van der Waals surface area contributed by atoms with Gasteiger partial charge in [-0.15, -0.1) is 0 Å². The zero-order chi connectivity index (χ0) is 10.9. The molecule has 0 aliphatic carbocycles. The van der Waals surface area contributed by atoms with Gasteiger partial charge >= 0.3 is 5.97 Å². The summed E-state index contributed by atoms with van der Waals surface area (Å²) >= 11 is 0. The van der Waals surface area contributed by atoms with E-state index in [0.29, 0.717) is 5.69 Å². The van der Waals surface area contributed by atoms with E-state index in [-0.39, 0.29) is 11.0 Å². The number of aromatic carboxylic acids is 1. The highest BCUT2D eigenvalue weighted by atomic mass is 16.4. The number of hydrogen-bond donors (Lipinski definition) is 2. The third kappa shape index (κ3) is 2.25.